The maximum absolute atomic E-state index is 13.2. The number of ether oxygens (including phenoxy) is 1. The molecule has 4 rings (SSSR count). The van der Waals surface area contributed by atoms with Gasteiger partial charge in [-0.3, -0.25) is 14.5 Å². The number of carboxylic acid groups (broad SMARTS) is 1. The highest BCUT2D eigenvalue weighted by molar-refractivity contribution is 8.00. The molecule has 2 aromatic rings. The average Bonchev–Trinajstić information content (AvgIpc) is 3.33. The Labute approximate surface area is 268 Å². The molecule has 2 aliphatic rings. The van der Waals surface area contributed by atoms with Gasteiger partial charge in [-0.1, -0.05) is 11.2 Å². The lowest BCUT2D eigenvalue weighted by Gasteiger charge is -2.49. The van der Waals surface area contributed by atoms with Crippen LogP contribution in [0.2, 0.25) is 0 Å². The molecule has 43 heavy (non-hydrogen) atoms. The highest BCUT2D eigenvalue weighted by Crippen LogP contribution is 2.40. The van der Waals surface area contributed by atoms with Gasteiger partial charge in [-0.25, -0.2) is 19.1 Å². The lowest BCUT2D eigenvalue weighted by atomic mass is 10.0. The maximum Gasteiger partial charge on any atom is 0.352 e. The summed E-state index contributed by atoms with van der Waals surface area (Å²) in [6.07, 6.45) is 6.18. The number of hydrogen-bond acceptors (Lipinski definition) is 11. The molecule has 1 unspecified atom stereocenters. The largest absolute Gasteiger partial charge is 0.477 e. The number of hydrogen-bond donors (Lipinski definition) is 3. The number of nitrogens with zero attached hydrogens (tertiary/aromatic N) is 4. The third-order valence-corrected chi connectivity index (χ3v) is 7.67. The Bertz CT molecular complexity index is 1440. The second-order valence-corrected chi connectivity index (χ2v) is 11.9. The first-order valence-electron chi connectivity index (χ1n) is 12.4. The summed E-state index contributed by atoms with van der Waals surface area (Å²) < 4.78 is 6.99. The number of nitrogens with two attached hydrogens (primary N) is 1. The number of aromatic nitrogens is 2. The topological polar surface area (TPSA) is 177 Å². The van der Waals surface area contributed by atoms with Gasteiger partial charge in [0, 0.05) is 34.9 Å². The minimum absolute atomic E-state index is 0. The molecule has 0 aliphatic carbocycles. The molecule has 1 saturated heterocycles. The zero-order valence-corrected chi connectivity index (χ0v) is 26.6. The number of anilines is 1. The van der Waals surface area contributed by atoms with Crippen LogP contribution in [0, 0.1) is 0 Å². The van der Waals surface area contributed by atoms with Gasteiger partial charge in [0.2, 0.25) is 0 Å². The molecule has 232 valence electrons. The quantitative estimate of drug-likeness (QED) is 0.0642. The summed E-state index contributed by atoms with van der Waals surface area (Å²) in [6.45, 7) is 5.38. The maximum atomic E-state index is 13.2. The molecule has 4 N–H and O–H groups in total. The van der Waals surface area contributed by atoms with E-state index in [9.17, 15) is 24.3 Å². The molecule has 0 bridgehead atoms. The standard InChI is InChI=1S/C26H28N6O7S2.2ClH/c1-26(2,3)39-17(33)8-7-11-38-30-18(16-14-41-25(27)28-16)21(34)29-19-22(35)32-20(24(36)37)15(13-40-23(19)32)12-31-9-5-4-6-10-31;;/h4-10,14,19,23H,11-13H2,1-3H3,(H3-,27,28,29,34,36,37);2*1H/p+1/t19?,23-;;/m0../s1. The van der Waals surface area contributed by atoms with E-state index in [1.54, 1.807) is 20.8 Å². The number of amides is 2. The van der Waals surface area contributed by atoms with Crippen LogP contribution in [0.1, 0.15) is 26.5 Å². The van der Waals surface area contributed by atoms with Crippen molar-refractivity contribution in [3.05, 3.63) is 65.1 Å². The van der Waals surface area contributed by atoms with E-state index in [0.29, 0.717) is 17.9 Å². The van der Waals surface area contributed by atoms with E-state index in [1.807, 2.05) is 35.2 Å². The summed E-state index contributed by atoms with van der Waals surface area (Å²) in [5, 5.41) is 17.5. The van der Waals surface area contributed by atoms with Crippen LogP contribution in [0.15, 0.2) is 64.6 Å². The SMILES string of the molecule is CC(C)(C)OC(=O)C=CCON=C(C(=O)NC1C(=O)N2C(C(=O)O)=C(C[n+]3ccccc3)CS[C@@H]12)c1csc(N)n1.Cl.Cl. The summed E-state index contributed by atoms with van der Waals surface area (Å²) in [5.74, 6) is -2.72. The van der Waals surface area contributed by atoms with Crippen molar-refractivity contribution in [3.8, 4) is 0 Å². The number of thiazole rings is 1. The van der Waals surface area contributed by atoms with Crippen LogP contribution in [0.5, 0.6) is 0 Å². The van der Waals surface area contributed by atoms with Crippen LogP contribution >= 0.6 is 47.9 Å². The van der Waals surface area contributed by atoms with Crippen molar-refractivity contribution in [2.75, 3.05) is 18.1 Å². The number of nitrogens with one attached hydrogen (secondary N) is 1. The van der Waals surface area contributed by atoms with Crippen LogP contribution in [-0.2, 0) is 35.3 Å². The first-order valence-corrected chi connectivity index (χ1v) is 14.3. The molecule has 1 fully saturated rings. The fraction of sp³-hybridized carbons (Fsp3) is 0.346. The summed E-state index contributed by atoms with van der Waals surface area (Å²) in [5.41, 5.74) is 5.48. The highest BCUT2D eigenvalue weighted by atomic mass is 35.5. The average molecular weight is 675 g/mol. The normalized spacial score (nSPS) is 18.2. The van der Waals surface area contributed by atoms with Crippen molar-refractivity contribution >= 4 is 82.5 Å². The molecule has 13 nitrogen and oxygen atoms in total. The van der Waals surface area contributed by atoms with E-state index in [-0.39, 0.29) is 53.7 Å². The number of halogens is 2. The van der Waals surface area contributed by atoms with Crippen LogP contribution in [-0.4, -0.2) is 73.8 Å². The molecule has 0 spiro atoms. The predicted octanol–water partition coefficient (Wildman–Crippen LogP) is 1.91. The van der Waals surface area contributed by atoms with E-state index < -0.39 is 40.8 Å². The second-order valence-electron chi connectivity index (χ2n) is 9.91. The number of aliphatic carboxylic acids is 1. The van der Waals surface area contributed by atoms with Crippen LogP contribution in [0.4, 0.5) is 5.13 Å². The van der Waals surface area contributed by atoms with Gasteiger partial charge in [-0.2, -0.15) is 0 Å². The Balaban J connectivity index is 0.00000323. The number of carbonyl (C=O) groups excluding carboxylic acids is 3. The number of rotatable bonds is 10. The summed E-state index contributed by atoms with van der Waals surface area (Å²) in [4.78, 5) is 60.8. The lowest BCUT2D eigenvalue weighted by Crippen LogP contribution is -2.71. The Morgan fingerprint density at radius 1 is 1.26 bits per heavy atom. The fourth-order valence-corrected chi connectivity index (χ4v) is 5.88. The number of thioether (sulfide) groups is 1. The van der Waals surface area contributed by atoms with E-state index >= 15 is 0 Å². The Morgan fingerprint density at radius 3 is 2.56 bits per heavy atom. The van der Waals surface area contributed by atoms with Crippen molar-refractivity contribution in [2.45, 2.75) is 44.3 Å². The van der Waals surface area contributed by atoms with Crippen molar-refractivity contribution in [2.24, 2.45) is 5.16 Å². The number of carbonyl (C=O) groups is 4. The Kier molecular flexibility index (Phi) is 12.5. The third-order valence-electron chi connectivity index (χ3n) is 5.65. The van der Waals surface area contributed by atoms with Gasteiger partial charge >= 0.3 is 11.9 Å². The molecule has 2 atom stereocenters. The van der Waals surface area contributed by atoms with E-state index in [1.165, 1.54) is 34.2 Å². The fourth-order valence-electron chi connectivity index (χ4n) is 4.00. The van der Waals surface area contributed by atoms with E-state index in [2.05, 4.69) is 15.5 Å². The Hall–Kier alpha value is -3.66. The first kappa shape index (κ1) is 35.5. The number of fused-ring (bicyclic) bond motifs is 1. The van der Waals surface area contributed by atoms with Gasteiger partial charge in [0.05, 0.1) is 0 Å². The number of pyridine rings is 1. The third kappa shape index (κ3) is 8.92. The molecule has 2 aliphatic heterocycles. The Morgan fingerprint density at radius 2 is 1.95 bits per heavy atom. The molecular weight excluding hydrogens is 643 g/mol. The minimum atomic E-state index is -1.21. The number of β-lactam (4-membered cyclic amide) rings is 1. The van der Waals surface area contributed by atoms with Gasteiger partial charge in [0.25, 0.3) is 11.8 Å². The van der Waals surface area contributed by atoms with Crippen molar-refractivity contribution in [1.82, 2.24) is 15.2 Å². The zero-order chi connectivity index (χ0) is 29.7. The highest BCUT2D eigenvalue weighted by Gasteiger charge is 2.54. The smallest absolute Gasteiger partial charge is 0.352 e. The number of oxime groups is 1. The molecule has 0 aromatic carbocycles. The number of esters is 1. The van der Waals surface area contributed by atoms with E-state index in [0.717, 1.165) is 11.3 Å². The lowest BCUT2D eigenvalue weighted by molar-refractivity contribution is -0.689. The first-order chi connectivity index (χ1) is 19.4. The van der Waals surface area contributed by atoms with Crippen molar-refractivity contribution in [3.63, 3.8) is 0 Å². The zero-order valence-electron chi connectivity index (χ0n) is 23.3. The van der Waals surface area contributed by atoms with Crippen LogP contribution in [0.25, 0.3) is 0 Å². The molecule has 4 heterocycles. The van der Waals surface area contributed by atoms with Crippen molar-refractivity contribution in [1.29, 1.82) is 0 Å². The number of nitrogen functional groups attached to an aromatic ring is 1. The summed E-state index contributed by atoms with van der Waals surface area (Å²) >= 11 is 2.44. The summed E-state index contributed by atoms with van der Waals surface area (Å²) in [6, 6.07) is 4.53. The minimum Gasteiger partial charge on any atom is -0.477 e. The van der Waals surface area contributed by atoms with Gasteiger partial charge in [0.15, 0.2) is 29.8 Å². The van der Waals surface area contributed by atoms with Crippen molar-refractivity contribution < 1.29 is 38.4 Å². The molecule has 2 aromatic heterocycles. The van der Waals surface area contributed by atoms with Gasteiger partial charge in [-0.15, -0.1) is 47.9 Å². The number of carboxylic acids is 1. The van der Waals surface area contributed by atoms with Crippen LogP contribution in [0.3, 0.4) is 0 Å². The molecule has 0 saturated carbocycles. The molecular formula is C26H31Cl2N6O7S2+. The predicted molar refractivity (Wildman–Crippen MR) is 165 cm³/mol. The van der Waals surface area contributed by atoms with Gasteiger partial charge in [0.1, 0.15) is 35.0 Å². The molecule has 2 amide bonds. The van der Waals surface area contributed by atoms with E-state index in [4.69, 9.17) is 15.3 Å². The van der Waals surface area contributed by atoms with Gasteiger partial charge in [-0.05, 0) is 26.8 Å². The van der Waals surface area contributed by atoms with Gasteiger partial charge < -0.3 is 25.7 Å². The monoisotopic (exact) mass is 673 g/mol. The summed E-state index contributed by atoms with van der Waals surface area (Å²) in [7, 11) is 0. The molecule has 17 heteroatoms. The second kappa shape index (κ2) is 15.2. The molecule has 0 radical (unpaired) electrons. The van der Waals surface area contributed by atoms with Crippen LogP contribution < -0.4 is 15.6 Å².